The van der Waals surface area contributed by atoms with Gasteiger partial charge < -0.3 is 14.7 Å². The largest absolute Gasteiger partial charge is 0.507 e. The number of carbonyl (C=O) groups is 1. The fourth-order valence-corrected chi connectivity index (χ4v) is 2.46. The fraction of sp³-hybridized carbons (Fsp3) is 0.136. The number of nitrogens with zero attached hydrogens (tertiary/aromatic N) is 3. The number of hydrogen-bond acceptors (Lipinski definition) is 6. The molecule has 0 heterocycles. The molecule has 0 atom stereocenters. The van der Waals surface area contributed by atoms with Crippen molar-refractivity contribution in [2.24, 2.45) is 10.2 Å². The second-order valence-electron chi connectivity index (χ2n) is 6.51. The second-order valence-corrected chi connectivity index (χ2v) is 6.51. The number of ether oxygens (including phenoxy) is 1. The van der Waals surface area contributed by atoms with Crippen molar-refractivity contribution in [3.8, 4) is 11.5 Å². The molecule has 3 aromatic rings. The standard InChI is InChI=1S/C22H21N3O3/c1-15-4-11-19(12-5-15)28-22(27)20-13-8-17(14-21(20)26)24-23-16-6-9-18(10-7-16)25(2)3/h4-14,26H,1-3H3/b24-23+. The zero-order chi connectivity index (χ0) is 20.1. The van der Waals surface area contributed by atoms with Crippen molar-refractivity contribution in [1.29, 1.82) is 0 Å². The SMILES string of the molecule is Cc1ccc(OC(=O)c2ccc(/N=N/c3ccc(N(C)C)cc3)cc2O)cc1. The van der Waals surface area contributed by atoms with Gasteiger partial charge in [0.05, 0.1) is 11.4 Å². The second kappa shape index (κ2) is 8.35. The maximum Gasteiger partial charge on any atom is 0.347 e. The van der Waals surface area contributed by atoms with Gasteiger partial charge in [0, 0.05) is 25.8 Å². The minimum absolute atomic E-state index is 0.0647. The lowest BCUT2D eigenvalue weighted by Crippen LogP contribution is -2.08. The van der Waals surface area contributed by atoms with Gasteiger partial charge in [-0.3, -0.25) is 0 Å². The third kappa shape index (κ3) is 4.73. The molecule has 0 radical (unpaired) electrons. The van der Waals surface area contributed by atoms with Crippen LogP contribution in [0.5, 0.6) is 11.5 Å². The van der Waals surface area contributed by atoms with E-state index in [0.29, 0.717) is 17.1 Å². The molecule has 6 heteroatoms. The molecule has 0 aromatic heterocycles. The molecule has 0 aliphatic heterocycles. The number of carbonyl (C=O) groups excluding carboxylic acids is 1. The van der Waals surface area contributed by atoms with E-state index in [0.717, 1.165) is 11.3 Å². The third-order valence-electron chi connectivity index (χ3n) is 4.08. The summed E-state index contributed by atoms with van der Waals surface area (Å²) in [5.41, 5.74) is 3.31. The molecular weight excluding hydrogens is 354 g/mol. The van der Waals surface area contributed by atoms with Gasteiger partial charge in [-0.1, -0.05) is 17.7 Å². The molecule has 0 amide bonds. The van der Waals surface area contributed by atoms with Crippen LogP contribution in [0.2, 0.25) is 0 Å². The van der Waals surface area contributed by atoms with E-state index in [9.17, 15) is 9.90 Å². The number of benzene rings is 3. The molecule has 1 N–H and O–H groups in total. The van der Waals surface area contributed by atoms with Gasteiger partial charge in [0.1, 0.15) is 17.1 Å². The topological polar surface area (TPSA) is 74.5 Å². The summed E-state index contributed by atoms with van der Waals surface area (Å²) < 4.78 is 5.28. The number of aromatic hydroxyl groups is 1. The van der Waals surface area contributed by atoms with Gasteiger partial charge in [0.25, 0.3) is 0 Å². The predicted molar refractivity (Wildman–Crippen MR) is 109 cm³/mol. The number of rotatable bonds is 5. The van der Waals surface area contributed by atoms with Gasteiger partial charge in [-0.2, -0.15) is 10.2 Å². The van der Waals surface area contributed by atoms with Gasteiger partial charge in [0.2, 0.25) is 0 Å². The maximum absolute atomic E-state index is 12.3. The van der Waals surface area contributed by atoms with Crippen LogP contribution >= 0.6 is 0 Å². The van der Waals surface area contributed by atoms with Gasteiger partial charge >= 0.3 is 5.97 Å². The van der Waals surface area contributed by atoms with E-state index >= 15 is 0 Å². The summed E-state index contributed by atoms with van der Waals surface area (Å²) in [7, 11) is 3.93. The minimum atomic E-state index is -0.635. The van der Waals surface area contributed by atoms with Gasteiger partial charge in [-0.05, 0) is 55.5 Å². The smallest absolute Gasteiger partial charge is 0.347 e. The maximum atomic E-state index is 12.3. The number of azo groups is 1. The van der Waals surface area contributed by atoms with Crippen molar-refractivity contribution in [1.82, 2.24) is 0 Å². The van der Waals surface area contributed by atoms with Crippen LogP contribution in [0.4, 0.5) is 17.1 Å². The molecule has 3 aromatic carbocycles. The minimum Gasteiger partial charge on any atom is -0.507 e. The van der Waals surface area contributed by atoms with Crippen molar-refractivity contribution >= 4 is 23.0 Å². The molecule has 0 fully saturated rings. The van der Waals surface area contributed by atoms with E-state index in [4.69, 9.17) is 4.74 Å². The van der Waals surface area contributed by atoms with Crippen LogP contribution in [0.1, 0.15) is 15.9 Å². The Kier molecular flexibility index (Phi) is 5.69. The average Bonchev–Trinajstić information content (AvgIpc) is 2.68. The van der Waals surface area contributed by atoms with Crippen LogP contribution < -0.4 is 9.64 Å². The Morgan fingerprint density at radius 2 is 1.50 bits per heavy atom. The molecule has 142 valence electrons. The Balaban J connectivity index is 1.70. The summed E-state index contributed by atoms with van der Waals surface area (Å²) in [6.07, 6.45) is 0. The predicted octanol–water partition coefficient (Wildman–Crippen LogP) is 5.40. The first kappa shape index (κ1) is 19.1. The molecule has 0 saturated carbocycles. The fourth-order valence-electron chi connectivity index (χ4n) is 2.46. The Hall–Kier alpha value is -3.67. The summed E-state index contributed by atoms with van der Waals surface area (Å²) in [5.74, 6) is -0.430. The first-order valence-corrected chi connectivity index (χ1v) is 8.73. The van der Waals surface area contributed by atoms with Gasteiger partial charge in [-0.15, -0.1) is 0 Å². The van der Waals surface area contributed by atoms with E-state index < -0.39 is 5.97 Å². The highest BCUT2D eigenvalue weighted by atomic mass is 16.5. The summed E-state index contributed by atoms with van der Waals surface area (Å²) >= 11 is 0. The average molecular weight is 375 g/mol. The van der Waals surface area contributed by atoms with Gasteiger partial charge in [-0.25, -0.2) is 4.79 Å². The number of phenols is 1. The Bertz CT molecular complexity index is 995. The molecule has 0 bridgehead atoms. The highest BCUT2D eigenvalue weighted by Crippen LogP contribution is 2.27. The van der Waals surface area contributed by atoms with Crippen LogP contribution in [-0.2, 0) is 0 Å². The van der Waals surface area contributed by atoms with Crippen LogP contribution in [0.15, 0.2) is 77.0 Å². The number of aryl methyl sites for hydroxylation is 1. The highest BCUT2D eigenvalue weighted by molar-refractivity contribution is 5.94. The highest BCUT2D eigenvalue weighted by Gasteiger charge is 2.14. The molecule has 3 rings (SSSR count). The number of esters is 1. The lowest BCUT2D eigenvalue weighted by atomic mass is 10.2. The molecule has 0 saturated heterocycles. The molecule has 0 spiro atoms. The van der Waals surface area contributed by atoms with Crippen molar-refractivity contribution in [3.63, 3.8) is 0 Å². The summed E-state index contributed by atoms with van der Waals surface area (Å²) in [4.78, 5) is 14.3. The van der Waals surface area contributed by atoms with Crippen LogP contribution in [0.3, 0.4) is 0 Å². The van der Waals surface area contributed by atoms with Crippen LogP contribution in [0, 0.1) is 6.92 Å². The zero-order valence-corrected chi connectivity index (χ0v) is 16.0. The monoisotopic (exact) mass is 375 g/mol. The summed E-state index contributed by atoms with van der Waals surface area (Å²) in [5, 5.41) is 18.4. The quantitative estimate of drug-likeness (QED) is 0.368. The Labute approximate surface area is 163 Å². The summed E-state index contributed by atoms with van der Waals surface area (Å²) in [6.45, 7) is 1.95. The Morgan fingerprint density at radius 3 is 2.11 bits per heavy atom. The number of phenolic OH excluding ortho intramolecular Hbond substituents is 1. The van der Waals surface area contributed by atoms with E-state index in [2.05, 4.69) is 10.2 Å². The van der Waals surface area contributed by atoms with E-state index in [1.54, 1.807) is 18.2 Å². The third-order valence-corrected chi connectivity index (χ3v) is 4.08. The van der Waals surface area contributed by atoms with Crippen molar-refractivity contribution in [3.05, 3.63) is 77.9 Å². The van der Waals surface area contributed by atoms with E-state index in [1.165, 1.54) is 12.1 Å². The molecule has 0 aliphatic carbocycles. The van der Waals surface area contributed by atoms with Crippen molar-refractivity contribution in [2.45, 2.75) is 6.92 Å². The molecule has 0 aliphatic rings. The molecular formula is C22H21N3O3. The Morgan fingerprint density at radius 1 is 0.893 bits per heavy atom. The van der Waals surface area contributed by atoms with Crippen molar-refractivity contribution in [2.75, 3.05) is 19.0 Å². The number of anilines is 1. The van der Waals surface area contributed by atoms with E-state index in [-0.39, 0.29) is 11.3 Å². The molecule has 6 nitrogen and oxygen atoms in total. The van der Waals surface area contributed by atoms with Crippen LogP contribution in [0.25, 0.3) is 0 Å². The number of hydrogen-bond donors (Lipinski definition) is 1. The normalized spacial score (nSPS) is 10.8. The van der Waals surface area contributed by atoms with E-state index in [1.807, 2.05) is 62.3 Å². The molecule has 0 unspecified atom stereocenters. The lowest BCUT2D eigenvalue weighted by molar-refractivity contribution is 0.0731. The van der Waals surface area contributed by atoms with Crippen LogP contribution in [-0.4, -0.2) is 25.2 Å². The zero-order valence-electron chi connectivity index (χ0n) is 16.0. The lowest BCUT2D eigenvalue weighted by Gasteiger charge is -2.11. The van der Waals surface area contributed by atoms with Gasteiger partial charge in [0.15, 0.2) is 0 Å². The first-order chi connectivity index (χ1) is 13.4. The molecule has 28 heavy (non-hydrogen) atoms. The first-order valence-electron chi connectivity index (χ1n) is 8.73. The van der Waals surface area contributed by atoms with Crippen molar-refractivity contribution < 1.29 is 14.6 Å². The summed E-state index contributed by atoms with van der Waals surface area (Å²) in [6, 6.07) is 19.1.